The van der Waals surface area contributed by atoms with Crippen LogP contribution >= 0.6 is 11.8 Å². The van der Waals surface area contributed by atoms with Crippen LogP contribution in [0.2, 0.25) is 0 Å². The fraction of sp³-hybridized carbons (Fsp3) is 0.333. The topological polar surface area (TPSA) is 67.9 Å². The number of benzene rings is 2. The van der Waals surface area contributed by atoms with Gasteiger partial charge in [-0.05, 0) is 55.5 Å². The lowest BCUT2D eigenvalue weighted by Crippen LogP contribution is -2.52. The molecule has 168 valence electrons. The van der Waals surface area contributed by atoms with Crippen molar-refractivity contribution in [3.05, 3.63) is 53.2 Å². The quantitative estimate of drug-likeness (QED) is 0.656. The fourth-order valence-corrected chi connectivity index (χ4v) is 4.91. The van der Waals surface area contributed by atoms with E-state index in [1.807, 2.05) is 37.5 Å². The molecule has 2 heterocycles. The number of anilines is 2. The Bertz CT molecular complexity index is 1110. The number of hydrogen-bond donors (Lipinski definition) is 1. The first kappa shape index (κ1) is 22.2. The van der Waals surface area contributed by atoms with Crippen LogP contribution in [0.1, 0.15) is 25.8 Å². The summed E-state index contributed by atoms with van der Waals surface area (Å²) in [6.45, 7) is 3.55. The molecular formula is C24H25FN2O4S. The molecule has 1 amide bonds. The Balaban J connectivity index is 1.83. The average molecular weight is 457 g/mol. The molecule has 6 nitrogen and oxygen atoms in total. The normalized spacial score (nSPS) is 18.8. The number of hydrogen-bond acceptors (Lipinski definition) is 6. The highest BCUT2D eigenvalue weighted by Crippen LogP contribution is 2.44. The van der Waals surface area contributed by atoms with Crippen LogP contribution in [0.15, 0.2) is 41.8 Å². The molecule has 0 saturated carbocycles. The molecule has 2 aliphatic heterocycles. The number of methoxy groups -OCH3 is 1. The molecule has 1 N–H and O–H groups in total. The number of fused-ring (bicyclic) bond motifs is 1. The first-order valence-electron chi connectivity index (χ1n) is 10.3. The number of ether oxygens (including phenoxy) is 2. The molecule has 2 aromatic carbocycles. The molecular weight excluding hydrogens is 431 g/mol. The number of allylic oxidation sites excluding steroid dienone is 1. The van der Waals surface area contributed by atoms with Crippen molar-refractivity contribution >= 4 is 35.0 Å². The minimum absolute atomic E-state index is 0.0617. The van der Waals surface area contributed by atoms with E-state index in [0.29, 0.717) is 34.5 Å². The summed E-state index contributed by atoms with van der Waals surface area (Å²) in [5, 5.41) is 4.87. The van der Waals surface area contributed by atoms with Crippen molar-refractivity contribution in [1.29, 1.82) is 0 Å². The van der Waals surface area contributed by atoms with Gasteiger partial charge in [-0.15, -0.1) is 11.8 Å². The van der Waals surface area contributed by atoms with E-state index in [1.54, 1.807) is 18.0 Å². The van der Waals surface area contributed by atoms with Crippen LogP contribution in [-0.2, 0) is 20.9 Å². The van der Waals surface area contributed by atoms with E-state index in [-0.39, 0.29) is 23.7 Å². The second-order valence-electron chi connectivity index (χ2n) is 8.29. The van der Waals surface area contributed by atoms with Gasteiger partial charge in [0.2, 0.25) is 0 Å². The van der Waals surface area contributed by atoms with Gasteiger partial charge in [-0.3, -0.25) is 9.59 Å². The van der Waals surface area contributed by atoms with Gasteiger partial charge in [0.25, 0.3) is 5.91 Å². The molecule has 2 aliphatic rings. The molecule has 0 spiro atoms. The number of carbonyl (C=O) groups is 2. The van der Waals surface area contributed by atoms with Crippen LogP contribution in [0, 0.1) is 5.82 Å². The van der Waals surface area contributed by atoms with Crippen molar-refractivity contribution < 1.29 is 23.5 Å². The monoisotopic (exact) mass is 456 g/mol. The number of carbonyl (C=O) groups excluding carboxylic acids is 2. The van der Waals surface area contributed by atoms with Gasteiger partial charge < -0.3 is 19.7 Å². The summed E-state index contributed by atoms with van der Waals surface area (Å²) in [4.78, 5) is 27.2. The van der Waals surface area contributed by atoms with Crippen LogP contribution in [0.25, 0.3) is 11.1 Å². The molecule has 0 radical (unpaired) electrons. The van der Waals surface area contributed by atoms with E-state index in [1.165, 1.54) is 31.0 Å². The highest BCUT2D eigenvalue weighted by molar-refractivity contribution is 8.03. The third-order valence-corrected chi connectivity index (χ3v) is 6.73. The van der Waals surface area contributed by atoms with Gasteiger partial charge in [-0.25, -0.2) is 4.39 Å². The van der Waals surface area contributed by atoms with Crippen molar-refractivity contribution in [2.75, 3.05) is 24.4 Å². The zero-order valence-corrected chi connectivity index (χ0v) is 19.2. The molecule has 32 heavy (non-hydrogen) atoms. The minimum Gasteiger partial charge on any atom is -0.496 e. The van der Waals surface area contributed by atoms with Gasteiger partial charge in [0.1, 0.15) is 29.0 Å². The SMILES string of the molecule is COc1ccc(F)cc1-c1ccc2c(c1COC(=O)C1CC=CS1)N(C)C(=O)C(C)(C)N2. The Morgan fingerprint density at radius 1 is 1.28 bits per heavy atom. The molecule has 0 saturated heterocycles. The Kier molecular flexibility index (Phi) is 5.90. The van der Waals surface area contributed by atoms with E-state index < -0.39 is 11.4 Å². The summed E-state index contributed by atoms with van der Waals surface area (Å²) in [5.41, 5.74) is 2.30. The first-order valence-corrected chi connectivity index (χ1v) is 11.2. The van der Waals surface area contributed by atoms with Crippen molar-refractivity contribution in [1.82, 2.24) is 0 Å². The molecule has 1 atom stereocenters. The van der Waals surface area contributed by atoms with E-state index in [4.69, 9.17) is 9.47 Å². The van der Waals surface area contributed by atoms with E-state index in [0.717, 1.165) is 5.69 Å². The van der Waals surface area contributed by atoms with Gasteiger partial charge in [0.05, 0.1) is 18.5 Å². The minimum atomic E-state index is -0.792. The van der Waals surface area contributed by atoms with Crippen LogP contribution in [0.3, 0.4) is 0 Å². The van der Waals surface area contributed by atoms with Gasteiger partial charge in [0.15, 0.2) is 0 Å². The average Bonchev–Trinajstić information content (AvgIpc) is 3.30. The predicted molar refractivity (Wildman–Crippen MR) is 124 cm³/mol. The van der Waals surface area contributed by atoms with Crippen LogP contribution in [0.5, 0.6) is 5.75 Å². The van der Waals surface area contributed by atoms with Crippen molar-refractivity contribution in [2.24, 2.45) is 0 Å². The number of likely N-dealkylation sites (N-methyl/N-ethyl adjacent to an activating group) is 1. The number of nitrogens with zero attached hydrogens (tertiary/aromatic N) is 1. The standard InChI is InChI=1S/C24H25FN2O4S/c1-24(2)23(29)27(3)21-17(13-31-22(28)20-6-5-11-32-20)15(8-9-18(21)26-24)16-12-14(25)7-10-19(16)30-4/h5,7-12,20,26H,6,13H2,1-4H3. The molecule has 0 aromatic heterocycles. The largest absolute Gasteiger partial charge is 0.496 e. The maximum atomic E-state index is 14.2. The zero-order valence-electron chi connectivity index (χ0n) is 18.4. The lowest BCUT2D eigenvalue weighted by atomic mass is 9.92. The summed E-state index contributed by atoms with van der Waals surface area (Å²) < 4.78 is 25.3. The van der Waals surface area contributed by atoms with E-state index in [9.17, 15) is 14.0 Å². The maximum Gasteiger partial charge on any atom is 0.320 e. The third-order valence-electron chi connectivity index (χ3n) is 5.67. The lowest BCUT2D eigenvalue weighted by molar-refractivity contribution is -0.144. The van der Waals surface area contributed by atoms with Crippen LogP contribution < -0.4 is 15.0 Å². The van der Waals surface area contributed by atoms with Gasteiger partial charge >= 0.3 is 5.97 Å². The van der Waals surface area contributed by atoms with Crippen molar-refractivity contribution in [2.45, 2.75) is 37.7 Å². The van der Waals surface area contributed by atoms with Crippen molar-refractivity contribution in [3.8, 4) is 16.9 Å². The lowest BCUT2D eigenvalue weighted by Gasteiger charge is -2.39. The Morgan fingerprint density at radius 3 is 2.75 bits per heavy atom. The molecule has 2 aromatic rings. The number of rotatable bonds is 5. The van der Waals surface area contributed by atoms with Crippen LogP contribution in [-0.4, -0.2) is 36.8 Å². The summed E-state index contributed by atoms with van der Waals surface area (Å²) in [7, 11) is 3.21. The molecule has 0 fully saturated rings. The number of thioether (sulfide) groups is 1. The zero-order chi connectivity index (χ0) is 23.0. The summed E-state index contributed by atoms with van der Waals surface area (Å²) in [5.74, 6) is -0.393. The molecule has 8 heteroatoms. The maximum absolute atomic E-state index is 14.2. The second-order valence-corrected chi connectivity index (χ2v) is 9.40. The third kappa shape index (κ3) is 3.95. The highest BCUT2D eigenvalue weighted by Gasteiger charge is 2.39. The fourth-order valence-electron chi connectivity index (χ4n) is 4.09. The Labute approximate surface area is 190 Å². The van der Waals surface area contributed by atoms with Crippen molar-refractivity contribution in [3.63, 3.8) is 0 Å². The van der Waals surface area contributed by atoms with E-state index >= 15 is 0 Å². The molecule has 0 aliphatic carbocycles. The highest BCUT2D eigenvalue weighted by atomic mass is 32.2. The van der Waals surface area contributed by atoms with Gasteiger partial charge in [-0.1, -0.05) is 12.1 Å². The van der Waals surface area contributed by atoms with Gasteiger partial charge in [0, 0.05) is 18.2 Å². The number of amides is 1. The second kappa shape index (κ2) is 8.50. The smallest absolute Gasteiger partial charge is 0.320 e. The number of nitrogens with one attached hydrogen (secondary N) is 1. The Morgan fingerprint density at radius 2 is 2.06 bits per heavy atom. The summed E-state index contributed by atoms with van der Waals surface area (Å²) in [6, 6.07) is 7.94. The van der Waals surface area contributed by atoms with E-state index in [2.05, 4.69) is 5.32 Å². The predicted octanol–water partition coefficient (Wildman–Crippen LogP) is 4.73. The summed E-state index contributed by atoms with van der Waals surface area (Å²) in [6.07, 6.45) is 2.55. The molecule has 0 bridgehead atoms. The number of esters is 1. The Hall–Kier alpha value is -3.00. The van der Waals surface area contributed by atoms with Crippen LogP contribution in [0.4, 0.5) is 15.8 Å². The molecule has 4 rings (SSSR count). The van der Waals surface area contributed by atoms with Gasteiger partial charge in [-0.2, -0.15) is 0 Å². The first-order chi connectivity index (χ1) is 15.2. The number of halogens is 1. The summed E-state index contributed by atoms with van der Waals surface area (Å²) >= 11 is 1.42. The molecule has 1 unspecified atom stereocenters.